The lowest BCUT2D eigenvalue weighted by atomic mass is 10.2. The minimum Gasteiger partial charge on any atom is -0.334 e. The first-order chi connectivity index (χ1) is 13.5. The van der Waals surface area contributed by atoms with Crippen LogP contribution < -0.4 is 0 Å². The van der Waals surface area contributed by atoms with Crippen LogP contribution in [-0.2, 0) is 10.0 Å². The Kier molecular flexibility index (Phi) is 5.30. The Hall–Kier alpha value is -2.48. The van der Waals surface area contributed by atoms with Crippen LogP contribution in [0.3, 0.4) is 0 Å². The van der Waals surface area contributed by atoms with Crippen LogP contribution in [0, 0.1) is 0 Å². The molecule has 0 amide bonds. The van der Waals surface area contributed by atoms with Gasteiger partial charge < -0.3 is 4.52 Å². The van der Waals surface area contributed by atoms with Gasteiger partial charge in [-0.15, -0.1) is 0 Å². The molecule has 0 unspecified atom stereocenters. The maximum Gasteiger partial charge on any atom is 0.250 e. The van der Waals surface area contributed by atoms with Gasteiger partial charge >= 0.3 is 0 Å². The topological polar surface area (TPSA) is 76.3 Å². The number of rotatable bonds is 5. The van der Waals surface area contributed by atoms with E-state index >= 15 is 0 Å². The van der Waals surface area contributed by atoms with Crippen LogP contribution in [0.4, 0.5) is 0 Å². The molecule has 1 aliphatic heterocycles. The van der Waals surface area contributed by atoms with E-state index < -0.39 is 10.0 Å². The van der Waals surface area contributed by atoms with Gasteiger partial charge in [0.05, 0.1) is 4.90 Å². The van der Waals surface area contributed by atoms with Crippen molar-refractivity contribution in [1.82, 2.24) is 14.4 Å². The van der Waals surface area contributed by atoms with Gasteiger partial charge in [-0.25, -0.2) is 8.42 Å². The van der Waals surface area contributed by atoms with Gasteiger partial charge in [-0.1, -0.05) is 35.0 Å². The van der Waals surface area contributed by atoms with E-state index in [9.17, 15) is 8.42 Å². The Morgan fingerprint density at radius 3 is 2.43 bits per heavy atom. The molecule has 0 radical (unpaired) electrons. The monoisotopic (exact) mass is 415 g/mol. The summed E-state index contributed by atoms with van der Waals surface area (Å²) < 4.78 is 31.9. The molecule has 0 atom stereocenters. The SMILES string of the molecule is O=S(=O)(c1ccc(-c2noc(C=Cc3ccccc3Cl)n2)cc1)N1CCCC1. The van der Waals surface area contributed by atoms with Crippen molar-refractivity contribution in [2.75, 3.05) is 13.1 Å². The highest BCUT2D eigenvalue weighted by Gasteiger charge is 2.27. The Balaban J connectivity index is 1.52. The smallest absolute Gasteiger partial charge is 0.250 e. The van der Waals surface area contributed by atoms with Crippen molar-refractivity contribution in [2.45, 2.75) is 17.7 Å². The van der Waals surface area contributed by atoms with Gasteiger partial charge in [0.25, 0.3) is 5.89 Å². The van der Waals surface area contributed by atoms with E-state index in [0.717, 1.165) is 18.4 Å². The number of hydrogen-bond acceptors (Lipinski definition) is 5. The van der Waals surface area contributed by atoms with Crippen molar-refractivity contribution >= 4 is 33.8 Å². The van der Waals surface area contributed by atoms with Crippen molar-refractivity contribution in [3.63, 3.8) is 0 Å². The molecule has 1 aliphatic rings. The first-order valence-corrected chi connectivity index (χ1v) is 10.7. The van der Waals surface area contributed by atoms with Crippen LogP contribution >= 0.6 is 11.6 Å². The summed E-state index contributed by atoms with van der Waals surface area (Å²) in [6.07, 6.45) is 5.30. The molecule has 1 aromatic heterocycles. The van der Waals surface area contributed by atoms with Crippen molar-refractivity contribution in [1.29, 1.82) is 0 Å². The molecule has 2 aromatic carbocycles. The fraction of sp³-hybridized carbons (Fsp3) is 0.200. The van der Waals surface area contributed by atoms with Gasteiger partial charge in [-0.3, -0.25) is 0 Å². The van der Waals surface area contributed by atoms with Gasteiger partial charge in [-0.05, 0) is 54.8 Å². The molecule has 0 aliphatic carbocycles. The van der Waals surface area contributed by atoms with Crippen LogP contribution in [0.5, 0.6) is 0 Å². The largest absolute Gasteiger partial charge is 0.334 e. The number of benzene rings is 2. The molecule has 0 N–H and O–H groups in total. The molecule has 0 saturated carbocycles. The number of hydrogen-bond donors (Lipinski definition) is 0. The highest BCUT2D eigenvalue weighted by molar-refractivity contribution is 7.89. The molecule has 2 heterocycles. The van der Waals surface area contributed by atoms with Crippen LogP contribution in [0.1, 0.15) is 24.3 Å². The average Bonchev–Trinajstić information content (AvgIpc) is 3.40. The fourth-order valence-electron chi connectivity index (χ4n) is 3.05. The highest BCUT2D eigenvalue weighted by atomic mass is 35.5. The fourth-order valence-corrected chi connectivity index (χ4v) is 4.76. The van der Waals surface area contributed by atoms with Gasteiger partial charge in [0, 0.05) is 29.8 Å². The average molecular weight is 416 g/mol. The molecule has 6 nitrogen and oxygen atoms in total. The van der Waals surface area contributed by atoms with E-state index in [1.165, 1.54) is 4.31 Å². The molecule has 0 bridgehead atoms. The summed E-state index contributed by atoms with van der Waals surface area (Å²) in [5, 5.41) is 4.59. The molecule has 144 valence electrons. The molecule has 28 heavy (non-hydrogen) atoms. The van der Waals surface area contributed by atoms with Crippen LogP contribution in [0.2, 0.25) is 5.02 Å². The number of nitrogens with zero attached hydrogens (tertiary/aromatic N) is 3. The molecule has 8 heteroatoms. The maximum atomic E-state index is 12.6. The lowest BCUT2D eigenvalue weighted by Gasteiger charge is -2.15. The van der Waals surface area contributed by atoms with E-state index in [1.807, 2.05) is 18.2 Å². The van der Waals surface area contributed by atoms with E-state index in [1.54, 1.807) is 42.5 Å². The maximum absolute atomic E-state index is 12.6. The second-order valence-corrected chi connectivity index (χ2v) is 8.79. The summed E-state index contributed by atoms with van der Waals surface area (Å²) in [5.41, 5.74) is 1.53. The first kappa shape index (κ1) is 18.9. The van der Waals surface area contributed by atoms with E-state index in [4.69, 9.17) is 16.1 Å². The number of aromatic nitrogens is 2. The van der Waals surface area contributed by atoms with Crippen molar-refractivity contribution in [3.8, 4) is 11.4 Å². The predicted molar refractivity (Wildman–Crippen MR) is 108 cm³/mol. The van der Waals surface area contributed by atoms with Gasteiger partial charge in [-0.2, -0.15) is 9.29 Å². The normalized spacial score (nSPS) is 15.5. The van der Waals surface area contributed by atoms with Crippen LogP contribution in [0.25, 0.3) is 23.5 Å². The van der Waals surface area contributed by atoms with E-state index in [0.29, 0.717) is 35.4 Å². The minimum atomic E-state index is -3.43. The van der Waals surface area contributed by atoms with Crippen molar-refractivity contribution < 1.29 is 12.9 Å². The predicted octanol–water partition coefficient (Wildman–Crippen LogP) is 4.34. The Morgan fingerprint density at radius 1 is 1.00 bits per heavy atom. The summed E-state index contributed by atoms with van der Waals surface area (Å²) in [6.45, 7) is 1.16. The molecule has 1 fully saturated rings. The molecular weight excluding hydrogens is 398 g/mol. The lowest BCUT2D eigenvalue weighted by Crippen LogP contribution is -2.27. The Labute approximate surface area is 168 Å². The number of halogens is 1. The number of sulfonamides is 1. The highest BCUT2D eigenvalue weighted by Crippen LogP contribution is 2.24. The third kappa shape index (κ3) is 3.87. The summed E-state index contributed by atoms with van der Waals surface area (Å²) >= 11 is 6.12. The zero-order chi connectivity index (χ0) is 19.6. The summed E-state index contributed by atoms with van der Waals surface area (Å²) in [4.78, 5) is 4.61. The molecule has 0 spiro atoms. The quantitative estimate of drug-likeness (QED) is 0.619. The molecular formula is C20H18ClN3O3S. The van der Waals surface area contributed by atoms with Crippen molar-refractivity contribution in [2.24, 2.45) is 0 Å². The third-order valence-corrected chi connectivity index (χ3v) is 6.82. The first-order valence-electron chi connectivity index (χ1n) is 8.91. The van der Waals surface area contributed by atoms with Gasteiger partial charge in [0.2, 0.25) is 15.8 Å². The molecule has 3 aromatic rings. The second-order valence-electron chi connectivity index (χ2n) is 6.45. The molecule has 1 saturated heterocycles. The van der Waals surface area contributed by atoms with Gasteiger partial charge in [0.1, 0.15) is 0 Å². The van der Waals surface area contributed by atoms with Crippen LogP contribution in [-0.4, -0.2) is 36.0 Å². The zero-order valence-electron chi connectivity index (χ0n) is 15.0. The second kappa shape index (κ2) is 7.87. The molecule has 4 rings (SSSR count). The zero-order valence-corrected chi connectivity index (χ0v) is 16.5. The third-order valence-electron chi connectivity index (χ3n) is 4.57. The Morgan fingerprint density at radius 2 is 1.71 bits per heavy atom. The summed E-state index contributed by atoms with van der Waals surface area (Å²) in [5.74, 6) is 0.729. The summed E-state index contributed by atoms with van der Waals surface area (Å²) in [6, 6.07) is 14.0. The van der Waals surface area contributed by atoms with Crippen molar-refractivity contribution in [3.05, 3.63) is 65.0 Å². The standard InChI is InChI=1S/C20H18ClN3O3S/c21-18-6-2-1-5-15(18)9-12-19-22-20(23-27-19)16-7-10-17(11-8-16)28(25,26)24-13-3-4-14-24/h1-2,5-12H,3-4,13-14H2. The van der Waals surface area contributed by atoms with Crippen LogP contribution in [0.15, 0.2) is 57.9 Å². The van der Waals surface area contributed by atoms with E-state index in [-0.39, 0.29) is 4.90 Å². The summed E-state index contributed by atoms with van der Waals surface area (Å²) in [7, 11) is -3.43. The van der Waals surface area contributed by atoms with E-state index in [2.05, 4.69) is 10.1 Å². The Bertz CT molecular complexity index is 1100. The lowest BCUT2D eigenvalue weighted by molar-refractivity contribution is 0.411. The minimum absolute atomic E-state index is 0.278. The van der Waals surface area contributed by atoms with Gasteiger partial charge in [0.15, 0.2) is 0 Å².